The van der Waals surface area contributed by atoms with Gasteiger partial charge < -0.3 is 5.11 Å². The highest BCUT2D eigenvalue weighted by molar-refractivity contribution is 5.24. The van der Waals surface area contributed by atoms with Gasteiger partial charge in [0.05, 0.1) is 6.10 Å². The molecule has 1 aromatic rings. The second kappa shape index (κ2) is 5.74. The Balaban J connectivity index is 2.58. The lowest BCUT2D eigenvalue weighted by atomic mass is 9.77. The number of aliphatic hydroxyl groups is 1. The molecule has 1 unspecified atom stereocenters. The van der Waals surface area contributed by atoms with Gasteiger partial charge in [0, 0.05) is 11.8 Å². The molecule has 18 heavy (non-hydrogen) atoms. The van der Waals surface area contributed by atoms with Crippen LogP contribution in [0.5, 0.6) is 0 Å². The van der Waals surface area contributed by atoms with Crippen LogP contribution in [0.25, 0.3) is 0 Å². The van der Waals surface area contributed by atoms with Crippen molar-refractivity contribution in [3.8, 4) is 0 Å². The molecule has 102 valence electrons. The Morgan fingerprint density at radius 1 is 1.11 bits per heavy atom. The summed E-state index contributed by atoms with van der Waals surface area (Å²) in [6.45, 7) is 3.70. The van der Waals surface area contributed by atoms with Crippen LogP contribution in [-0.4, -0.2) is 17.4 Å². The van der Waals surface area contributed by atoms with Gasteiger partial charge in [-0.3, -0.25) is 0 Å². The fourth-order valence-corrected chi connectivity index (χ4v) is 1.92. The predicted molar refractivity (Wildman–Crippen MR) is 65.4 cm³/mol. The van der Waals surface area contributed by atoms with Crippen LogP contribution in [0.4, 0.5) is 13.2 Å². The van der Waals surface area contributed by atoms with Crippen molar-refractivity contribution in [3.05, 3.63) is 35.9 Å². The molecule has 0 radical (unpaired) electrons. The minimum Gasteiger partial charge on any atom is -0.392 e. The van der Waals surface area contributed by atoms with Crippen LogP contribution >= 0.6 is 0 Å². The molecule has 0 spiro atoms. The van der Waals surface area contributed by atoms with E-state index < -0.39 is 24.1 Å². The smallest absolute Gasteiger partial charge is 0.389 e. The Bertz CT molecular complexity index is 357. The van der Waals surface area contributed by atoms with E-state index in [1.807, 2.05) is 44.2 Å². The molecule has 1 N–H and O–H groups in total. The molecule has 1 nitrogen and oxygen atoms in total. The zero-order valence-electron chi connectivity index (χ0n) is 10.7. The lowest BCUT2D eigenvalue weighted by Crippen LogP contribution is -2.33. The lowest BCUT2D eigenvalue weighted by Gasteiger charge is -2.31. The SMILES string of the molecule is CC(C)(c1ccccc1)C(O)CCCC(F)(F)F. The lowest BCUT2D eigenvalue weighted by molar-refractivity contribution is -0.136. The Hall–Kier alpha value is -1.03. The van der Waals surface area contributed by atoms with E-state index in [-0.39, 0.29) is 12.8 Å². The number of alkyl halides is 3. The Morgan fingerprint density at radius 2 is 1.67 bits per heavy atom. The molecule has 0 heterocycles. The normalized spacial score (nSPS) is 14.6. The number of hydrogen-bond donors (Lipinski definition) is 1. The maximum Gasteiger partial charge on any atom is 0.389 e. The number of hydrogen-bond acceptors (Lipinski definition) is 1. The molecule has 0 saturated carbocycles. The van der Waals surface area contributed by atoms with E-state index in [1.54, 1.807) is 0 Å². The van der Waals surface area contributed by atoms with E-state index in [0.717, 1.165) is 5.56 Å². The molecule has 1 aromatic carbocycles. The molecule has 4 heteroatoms. The Labute approximate surface area is 106 Å². The highest BCUT2D eigenvalue weighted by Gasteiger charge is 2.31. The number of benzene rings is 1. The summed E-state index contributed by atoms with van der Waals surface area (Å²) in [7, 11) is 0. The zero-order valence-corrected chi connectivity index (χ0v) is 10.7. The van der Waals surface area contributed by atoms with Crippen LogP contribution in [0, 0.1) is 0 Å². The minimum atomic E-state index is -4.14. The fraction of sp³-hybridized carbons (Fsp3) is 0.571. The Morgan fingerprint density at radius 3 is 2.17 bits per heavy atom. The third-order valence-electron chi connectivity index (χ3n) is 3.29. The standard InChI is InChI=1S/C14H19F3O/c1-13(2,11-7-4-3-5-8-11)12(18)9-6-10-14(15,16)17/h3-5,7-8,12,18H,6,9-10H2,1-2H3. The molecule has 0 saturated heterocycles. The van der Waals surface area contributed by atoms with Gasteiger partial charge in [0.15, 0.2) is 0 Å². The highest BCUT2D eigenvalue weighted by atomic mass is 19.4. The molecule has 0 aromatic heterocycles. The molecule has 0 amide bonds. The molecule has 0 aliphatic carbocycles. The van der Waals surface area contributed by atoms with Gasteiger partial charge in [0.1, 0.15) is 0 Å². The quantitative estimate of drug-likeness (QED) is 0.846. The maximum atomic E-state index is 12.0. The van der Waals surface area contributed by atoms with Crippen LogP contribution in [0.3, 0.4) is 0 Å². The van der Waals surface area contributed by atoms with E-state index in [4.69, 9.17) is 0 Å². The largest absolute Gasteiger partial charge is 0.392 e. The first-order valence-electron chi connectivity index (χ1n) is 6.04. The summed E-state index contributed by atoms with van der Waals surface area (Å²) in [6.07, 6.45) is -5.64. The van der Waals surface area contributed by atoms with Crippen molar-refractivity contribution in [1.82, 2.24) is 0 Å². The van der Waals surface area contributed by atoms with Gasteiger partial charge in [-0.05, 0) is 18.4 Å². The number of rotatable bonds is 5. The molecule has 1 atom stereocenters. The summed E-state index contributed by atoms with van der Waals surface area (Å²) in [5, 5.41) is 10.1. The zero-order chi connectivity index (χ0) is 13.8. The first kappa shape index (κ1) is 15.0. The highest BCUT2D eigenvalue weighted by Crippen LogP contribution is 2.31. The van der Waals surface area contributed by atoms with E-state index >= 15 is 0 Å². The van der Waals surface area contributed by atoms with Crippen molar-refractivity contribution < 1.29 is 18.3 Å². The first-order valence-corrected chi connectivity index (χ1v) is 6.04. The second-order valence-corrected chi connectivity index (χ2v) is 5.11. The summed E-state index contributed by atoms with van der Waals surface area (Å²) in [6, 6.07) is 9.36. The molecule has 1 rings (SSSR count). The van der Waals surface area contributed by atoms with Gasteiger partial charge in [-0.25, -0.2) is 0 Å². The average Bonchev–Trinajstić information content (AvgIpc) is 2.28. The third kappa shape index (κ3) is 4.33. The monoisotopic (exact) mass is 260 g/mol. The summed E-state index contributed by atoms with van der Waals surface area (Å²) in [5.74, 6) is 0. The van der Waals surface area contributed by atoms with E-state index in [9.17, 15) is 18.3 Å². The summed E-state index contributed by atoms with van der Waals surface area (Å²) >= 11 is 0. The maximum absolute atomic E-state index is 12.0. The van der Waals surface area contributed by atoms with Crippen molar-refractivity contribution in [2.24, 2.45) is 0 Å². The van der Waals surface area contributed by atoms with Crippen LogP contribution in [0.1, 0.15) is 38.7 Å². The van der Waals surface area contributed by atoms with Crippen molar-refractivity contribution >= 4 is 0 Å². The van der Waals surface area contributed by atoms with Crippen LogP contribution in [-0.2, 0) is 5.41 Å². The van der Waals surface area contributed by atoms with E-state index in [0.29, 0.717) is 0 Å². The summed E-state index contributed by atoms with van der Waals surface area (Å²) < 4.78 is 36.1. The number of halogens is 3. The number of aliphatic hydroxyl groups excluding tert-OH is 1. The molecular weight excluding hydrogens is 241 g/mol. The molecule has 0 bridgehead atoms. The van der Waals surface area contributed by atoms with Crippen molar-refractivity contribution in [2.75, 3.05) is 0 Å². The Kier molecular flexibility index (Phi) is 4.79. The van der Waals surface area contributed by atoms with Crippen LogP contribution in [0.15, 0.2) is 30.3 Å². The van der Waals surface area contributed by atoms with Gasteiger partial charge in [0.2, 0.25) is 0 Å². The third-order valence-corrected chi connectivity index (χ3v) is 3.29. The molecule has 0 aliphatic heterocycles. The van der Waals surface area contributed by atoms with Gasteiger partial charge in [-0.2, -0.15) is 13.2 Å². The van der Waals surface area contributed by atoms with Gasteiger partial charge >= 0.3 is 6.18 Å². The van der Waals surface area contributed by atoms with E-state index in [1.165, 1.54) is 0 Å². The minimum absolute atomic E-state index is 0.0407. The van der Waals surface area contributed by atoms with Crippen molar-refractivity contribution in [1.29, 1.82) is 0 Å². The fourth-order valence-electron chi connectivity index (χ4n) is 1.92. The topological polar surface area (TPSA) is 20.2 Å². The van der Waals surface area contributed by atoms with Crippen LogP contribution < -0.4 is 0 Å². The molecule has 0 fully saturated rings. The van der Waals surface area contributed by atoms with Gasteiger partial charge in [-0.15, -0.1) is 0 Å². The summed E-state index contributed by atoms with van der Waals surface area (Å²) in [4.78, 5) is 0. The van der Waals surface area contributed by atoms with Gasteiger partial charge in [-0.1, -0.05) is 44.2 Å². The van der Waals surface area contributed by atoms with Gasteiger partial charge in [0.25, 0.3) is 0 Å². The van der Waals surface area contributed by atoms with Crippen LogP contribution in [0.2, 0.25) is 0 Å². The molecule has 0 aliphatic rings. The summed E-state index contributed by atoms with van der Waals surface area (Å²) in [5.41, 5.74) is 0.400. The van der Waals surface area contributed by atoms with E-state index in [2.05, 4.69) is 0 Å². The van der Waals surface area contributed by atoms with Crippen molar-refractivity contribution in [2.45, 2.75) is 50.8 Å². The second-order valence-electron chi connectivity index (χ2n) is 5.11. The predicted octanol–water partition coefficient (Wildman–Crippen LogP) is 4.06. The first-order chi connectivity index (χ1) is 8.23. The van der Waals surface area contributed by atoms with Crippen molar-refractivity contribution in [3.63, 3.8) is 0 Å². The molecular formula is C14H19F3O. The average molecular weight is 260 g/mol.